The summed E-state index contributed by atoms with van der Waals surface area (Å²) in [6, 6.07) is 12.9. The van der Waals surface area contributed by atoms with Gasteiger partial charge >= 0.3 is 5.97 Å². The summed E-state index contributed by atoms with van der Waals surface area (Å²) in [7, 11) is 1.32. The van der Waals surface area contributed by atoms with E-state index in [0.717, 1.165) is 10.8 Å². The number of ether oxygens (including phenoxy) is 1. The average molecular weight is 271 g/mol. The molecule has 0 unspecified atom stereocenters. The van der Waals surface area contributed by atoms with Crippen LogP contribution in [-0.4, -0.2) is 25.0 Å². The molecule has 0 saturated heterocycles. The second-order valence-electron chi connectivity index (χ2n) is 4.62. The lowest BCUT2D eigenvalue weighted by Gasteiger charge is -2.26. The Morgan fingerprint density at radius 1 is 1.10 bits per heavy atom. The van der Waals surface area contributed by atoms with E-state index < -0.39 is 12.0 Å². The van der Waals surface area contributed by atoms with Crippen LogP contribution in [0.3, 0.4) is 0 Å². The standard InChI is InChI=1S/C16H17NO3/c1-11(16(19)20-3)17(12(2)18)15-9-8-13-6-4-5-7-14(13)10-15/h4-11H,1-3H3/t11-/m1/s1. The molecule has 0 bridgehead atoms. The van der Waals surface area contributed by atoms with Gasteiger partial charge in [-0.15, -0.1) is 0 Å². The third-order valence-corrected chi connectivity index (χ3v) is 3.28. The first-order chi connectivity index (χ1) is 9.54. The van der Waals surface area contributed by atoms with Crippen molar-refractivity contribution < 1.29 is 14.3 Å². The van der Waals surface area contributed by atoms with E-state index >= 15 is 0 Å². The van der Waals surface area contributed by atoms with E-state index in [-0.39, 0.29) is 5.91 Å². The van der Waals surface area contributed by atoms with Gasteiger partial charge in [0.15, 0.2) is 0 Å². The minimum absolute atomic E-state index is 0.196. The SMILES string of the molecule is COC(=O)[C@@H](C)N(C(C)=O)c1ccc2ccccc2c1. The molecule has 0 aliphatic rings. The second-order valence-corrected chi connectivity index (χ2v) is 4.62. The third-order valence-electron chi connectivity index (χ3n) is 3.28. The highest BCUT2D eigenvalue weighted by molar-refractivity contribution is 6.00. The van der Waals surface area contributed by atoms with Crippen molar-refractivity contribution in [2.75, 3.05) is 12.0 Å². The van der Waals surface area contributed by atoms with Gasteiger partial charge < -0.3 is 4.74 Å². The Kier molecular flexibility index (Phi) is 4.03. The van der Waals surface area contributed by atoms with Crippen molar-refractivity contribution in [2.45, 2.75) is 19.9 Å². The summed E-state index contributed by atoms with van der Waals surface area (Å²) in [6.45, 7) is 3.09. The van der Waals surface area contributed by atoms with Crippen LogP contribution >= 0.6 is 0 Å². The number of methoxy groups -OCH3 is 1. The van der Waals surface area contributed by atoms with Crippen LogP contribution in [0.1, 0.15) is 13.8 Å². The Hall–Kier alpha value is -2.36. The van der Waals surface area contributed by atoms with Gasteiger partial charge in [0.1, 0.15) is 6.04 Å². The van der Waals surface area contributed by atoms with E-state index in [4.69, 9.17) is 4.74 Å². The lowest BCUT2D eigenvalue weighted by Crippen LogP contribution is -2.42. The van der Waals surface area contributed by atoms with Crippen molar-refractivity contribution in [3.63, 3.8) is 0 Å². The highest BCUT2D eigenvalue weighted by Crippen LogP contribution is 2.24. The zero-order chi connectivity index (χ0) is 14.7. The second kappa shape index (κ2) is 5.74. The molecule has 2 aromatic rings. The number of fused-ring (bicyclic) bond motifs is 1. The molecule has 1 amide bonds. The summed E-state index contributed by atoms with van der Waals surface area (Å²) in [5.74, 6) is -0.633. The van der Waals surface area contributed by atoms with Crippen LogP contribution in [0.25, 0.3) is 10.8 Å². The number of carbonyl (C=O) groups excluding carboxylic acids is 2. The van der Waals surface area contributed by atoms with Crippen molar-refractivity contribution in [1.29, 1.82) is 0 Å². The van der Waals surface area contributed by atoms with Crippen molar-refractivity contribution in [2.24, 2.45) is 0 Å². The number of esters is 1. The first kappa shape index (κ1) is 14.1. The van der Waals surface area contributed by atoms with Gasteiger partial charge in [-0.3, -0.25) is 9.69 Å². The van der Waals surface area contributed by atoms with Crippen LogP contribution < -0.4 is 4.90 Å². The molecule has 0 saturated carbocycles. The van der Waals surface area contributed by atoms with Gasteiger partial charge in [-0.1, -0.05) is 30.3 Å². The van der Waals surface area contributed by atoms with Crippen molar-refractivity contribution in [3.05, 3.63) is 42.5 Å². The highest BCUT2D eigenvalue weighted by atomic mass is 16.5. The third kappa shape index (κ3) is 2.64. The van der Waals surface area contributed by atoms with Crippen molar-refractivity contribution >= 4 is 28.3 Å². The molecule has 20 heavy (non-hydrogen) atoms. The fourth-order valence-corrected chi connectivity index (χ4v) is 2.28. The molecule has 0 N–H and O–H groups in total. The predicted octanol–water partition coefficient (Wildman–Crippen LogP) is 2.75. The number of carbonyl (C=O) groups is 2. The van der Waals surface area contributed by atoms with Gasteiger partial charge in [-0.05, 0) is 29.8 Å². The zero-order valence-corrected chi connectivity index (χ0v) is 11.8. The molecule has 0 aliphatic carbocycles. The molecule has 0 spiro atoms. The maximum absolute atomic E-state index is 11.9. The van der Waals surface area contributed by atoms with Gasteiger partial charge in [-0.25, -0.2) is 4.79 Å². The Labute approximate surface area is 117 Å². The summed E-state index contributed by atoms with van der Waals surface area (Å²) in [5, 5.41) is 2.11. The molecular weight excluding hydrogens is 254 g/mol. The van der Waals surface area contributed by atoms with E-state index in [1.54, 1.807) is 6.92 Å². The Bertz CT molecular complexity index is 651. The molecule has 0 radical (unpaired) electrons. The molecule has 0 aromatic heterocycles. The molecule has 4 nitrogen and oxygen atoms in total. The fraction of sp³-hybridized carbons (Fsp3) is 0.250. The Balaban J connectivity index is 2.46. The molecule has 1 atom stereocenters. The Morgan fingerprint density at radius 2 is 1.75 bits per heavy atom. The maximum atomic E-state index is 11.9. The van der Waals surface area contributed by atoms with E-state index in [9.17, 15) is 9.59 Å². The summed E-state index contributed by atoms with van der Waals surface area (Å²) in [6.07, 6.45) is 0. The molecule has 0 aliphatic heterocycles. The smallest absolute Gasteiger partial charge is 0.328 e. The molecule has 2 aromatic carbocycles. The Morgan fingerprint density at radius 3 is 2.35 bits per heavy atom. The zero-order valence-electron chi connectivity index (χ0n) is 11.8. The highest BCUT2D eigenvalue weighted by Gasteiger charge is 2.25. The number of hydrogen-bond acceptors (Lipinski definition) is 3. The van der Waals surface area contributed by atoms with Crippen molar-refractivity contribution in [1.82, 2.24) is 0 Å². The summed E-state index contributed by atoms with van der Waals surface area (Å²) >= 11 is 0. The van der Waals surface area contributed by atoms with Crippen molar-refractivity contribution in [3.8, 4) is 0 Å². The quantitative estimate of drug-likeness (QED) is 0.806. The first-order valence-electron chi connectivity index (χ1n) is 6.41. The van der Waals surface area contributed by atoms with Crippen LogP contribution in [0.15, 0.2) is 42.5 Å². The lowest BCUT2D eigenvalue weighted by molar-refractivity contribution is -0.142. The predicted molar refractivity (Wildman–Crippen MR) is 78.6 cm³/mol. The molecule has 4 heteroatoms. The number of anilines is 1. The fourth-order valence-electron chi connectivity index (χ4n) is 2.28. The number of rotatable bonds is 3. The van der Waals surface area contributed by atoms with E-state index in [1.807, 2.05) is 42.5 Å². The minimum atomic E-state index is -0.654. The van der Waals surface area contributed by atoms with E-state index in [1.165, 1.54) is 18.9 Å². The van der Waals surface area contributed by atoms with Gasteiger partial charge in [0.2, 0.25) is 5.91 Å². The topological polar surface area (TPSA) is 46.6 Å². The van der Waals surface area contributed by atoms with Crippen LogP contribution in [0.5, 0.6) is 0 Å². The van der Waals surface area contributed by atoms with Gasteiger partial charge in [0.25, 0.3) is 0 Å². The monoisotopic (exact) mass is 271 g/mol. The first-order valence-corrected chi connectivity index (χ1v) is 6.41. The number of benzene rings is 2. The minimum Gasteiger partial charge on any atom is -0.467 e. The molecule has 2 rings (SSSR count). The van der Waals surface area contributed by atoms with E-state index in [2.05, 4.69) is 0 Å². The van der Waals surface area contributed by atoms with Crippen LogP contribution in [0.2, 0.25) is 0 Å². The molecule has 0 heterocycles. The van der Waals surface area contributed by atoms with Crippen LogP contribution in [-0.2, 0) is 14.3 Å². The number of hydrogen-bond donors (Lipinski definition) is 0. The summed E-state index contributed by atoms with van der Waals surface area (Å²) < 4.78 is 4.72. The lowest BCUT2D eigenvalue weighted by atomic mass is 10.1. The molecular formula is C16H17NO3. The molecule has 104 valence electrons. The summed E-state index contributed by atoms with van der Waals surface area (Å²) in [5.41, 5.74) is 0.689. The van der Waals surface area contributed by atoms with Gasteiger partial charge in [0.05, 0.1) is 7.11 Å². The van der Waals surface area contributed by atoms with E-state index in [0.29, 0.717) is 5.69 Å². The van der Waals surface area contributed by atoms with Crippen LogP contribution in [0, 0.1) is 0 Å². The van der Waals surface area contributed by atoms with Gasteiger partial charge in [0, 0.05) is 12.6 Å². The number of amides is 1. The van der Waals surface area contributed by atoms with Crippen LogP contribution in [0.4, 0.5) is 5.69 Å². The average Bonchev–Trinajstić information content (AvgIpc) is 2.46. The summed E-state index contributed by atoms with van der Waals surface area (Å²) in [4.78, 5) is 25.0. The number of nitrogens with zero attached hydrogens (tertiary/aromatic N) is 1. The maximum Gasteiger partial charge on any atom is 0.328 e. The molecule has 0 fully saturated rings. The largest absolute Gasteiger partial charge is 0.467 e. The normalized spacial score (nSPS) is 11.9. The van der Waals surface area contributed by atoms with Gasteiger partial charge in [-0.2, -0.15) is 0 Å².